The van der Waals surface area contributed by atoms with Crippen molar-refractivity contribution in [1.29, 1.82) is 0 Å². The summed E-state index contributed by atoms with van der Waals surface area (Å²) in [5, 5.41) is 14.1. The van der Waals surface area contributed by atoms with Gasteiger partial charge in [-0.25, -0.2) is 9.59 Å². The van der Waals surface area contributed by atoms with E-state index >= 15 is 0 Å². The molecule has 0 bridgehead atoms. The van der Waals surface area contributed by atoms with Gasteiger partial charge in [0.1, 0.15) is 22.8 Å². The summed E-state index contributed by atoms with van der Waals surface area (Å²) in [6.45, 7) is 7.74. The molecule has 1 amide bonds. The fourth-order valence-electron chi connectivity index (χ4n) is 4.48. The SMILES string of the molecule is CCC(C)Oc1ccc2c(c1)cc(CCC(C)C(=O)c1c(O)cc(C(C)CC/C=C/NC(=O)OC)oc1=O)n2C. The van der Waals surface area contributed by atoms with E-state index < -0.39 is 23.4 Å². The Morgan fingerprint density at radius 1 is 1.15 bits per heavy atom. The van der Waals surface area contributed by atoms with Crippen molar-refractivity contribution in [2.24, 2.45) is 13.0 Å². The number of amides is 1. The summed E-state index contributed by atoms with van der Waals surface area (Å²) < 4.78 is 18.0. The number of alkyl carbamates (subject to hydrolysis) is 1. The number of nitrogens with zero attached hydrogens (tertiary/aromatic N) is 1. The van der Waals surface area contributed by atoms with Crippen molar-refractivity contribution in [3.8, 4) is 11.5 Å². The number of methoxy groups -OCH3 is 1. The third kappa shape index (κ3) is 7.55. The predicted octanol–water partition coefficient (Wildman–Crippen LogP) is 6.22. The topological polar surface area (TPSA) is 120 Å². The van der Waals surface area contributed by atoms with Crippen LogP contribution >= 0.6 is 0 Å². The number of ether oxygens (including phenoxy) is 2. The molecule has 0 aliphatic heterocycles. The molecule has 0 spiro atoms. The lowest BCUT2D eigenvalue weighted by atomic mass is 9.94. The highest BCUT2D eigenvalue weighted by atomic mass is 16.5. The zero-order valence-corrected chi connectivity index (χ0v) is 24.2. The van der Waals surface area contributed by atoms with Gasteiger partial charge in [0, 0.05) is 47.7 Å². The number of Topliss-reactive ketones (excluding diaryl/α,β-unsaturated/α-hetero) is 1. The molecule has 0 radical (unpaired) electrons. The molecule has 9 nitrogen and oxygen atoms in total. The molecule has 2 heterocycles. The molecule has 0 aliphatic carbocycles. The lowest BCUT2D eigenvalue weighted by Gasteiger charge is -2.14. The normalized spacial score (nSPS) is 13.8. The first kappa shape index (κ1) is 30.5. The molecular formula is C31H40N2O7. The third-order valence-electron chi connectivity index (χ3n) is 7.26. The van der Waals surface area contributed by atoms with Crippen molar-refractivity contribution < 1.29 is 28.6 Å². The molecule has 2 aromatic heterocycles. The number of ketones is 1. The van der Waals surface area contributed by atoms with Gasteiger partial charge in [0.25, 0.3) is 0 Å². The number of nitrogens with one attached hydrogen (secondary N) is 1. The Balaban J connectivity index is 1.64. The summed E-state index contributed by atoms with van der Waals surface area (Å²) in [6.07, 6.45) is 6.05. The number of aryl methyl sites for hydroxylation is 2. The lowest BCUT2D eigenvalue weighted by molar-refractivity contribution is 0.0916. The predicted molar refractivity (Wildman–Crippen MR) is 154 cm³/mol. The molecule has 0 fully saturated rings. The molecule has 0 saturated carbocycles. The Morgan fingerprint density at radius 2 is 1.90 bits per heavy atom. The van der Waals surface area contributed by atoms with Crippen molar-refractivity contribution in [3.63, 3.8) is 0 Å². The number of rotatable bonds is 13. The van der Waals surface area contributed by atoms with Crippen LogP contribution in [0, 0.1) is 5.92 Å². The number of carbonyl (C=O) groups excluding carboxylic acids is 2. The van der Waals surface area contributed by atoms with Crippen molar-refractivity contribution in [2.45, 2.75) is 71.8 Å². The fraction of sp³-hybridized carbons (Fsp3) is 0.452. The standard InChI is InChI=1S/C31H40N2O7/c1-7-21(4)39-24-13-14-25-22(17-24)16-23(33(25)5)12-11-20(3)29(35)28-26(34)18-27(40-30(28)36)19(2)10-8-9-15-32-31(37)38-6/h9,13-21,34H,7-8,10-12H2,1-6H3,(H,32,37)/b15-9+. The highest BCUT2D eigenvalue weighted by Crippen LogP contribution is 2.28. The number of benzene rings is 1. The molecule has 0 saturated heterocycles. The van der Waals surface area contributed by atoms with Gasteiger partial charge in [0.05, 0.1) is 13.2 Å². The molecular weight excluding hydrogens is 512 g/mol. The quantitative estimate of drug-likeness (QED) is 0.242. The zero-order chi connectivity index (χ0) is 29.4. The van der Waals surface area contributed by atoms with E-state index in [4.69, 9.17) is 9.15 Å². The minimum Gasteiger partial charge on any atom is -0.507 e. The first-order chi connectivity index (χ1) is 19.0. The number of fused-ring (bicyclic) bond motifs is 1. The smallest absolute Gasteiger partial charge is 0.410 e. The van der Waals surface area contributed by atoms with Gasteiger partial charge in [-0.05, 0) is 63.3 Å². The average Bonchev–Trinajstić information content (AvgIpc) is 3.24. The van der Waals surface area contributed by atoms with Crippen LogP contribution in [-0.4, -0.2) is 34.8 Å². The van der Waals surface area contributed by atoms with Crippen LogP contribution < -0.4 is 15.7 Å². The summed E-state index contributed by atoms with van der Waals surface area (Å²) in [4.78, 5) is 36.9. The van der Waals surface area contributed by atoms with Gasteiger partial charge in [-0.15, -0.1) is 0 Å². The minimum atomic E-state index is -0.833. The van der Waals surface area contributed by atoms with Crippen LogP contribution in [-0.2, 0) is 18.2 Å². The third-order valence-corrected chi connectivity index (χ3v) is 7.26. The molecule has 40 heavy (non-hydrogen) atoms. The van der Waals surface area contributed by atoms with Gasteiger partial charge in [-0.3, -0.25) is 10.1 Å². The van der Waals surface area contributed by atoms with E-state index in [1.165, 1.54) is 19.4 Å². The van der Waals surface area contributed by atoms with Crippen LogP contribution in [0.5, 0.6) is 11.5 Å². The highest BCUT2D eigenvalue weighted by molar-refractivity contribution is 5.99. The van der Waals surface area contributed by atoms with E-state index in [-0.39, 0.29) is 23.3 Å². The number of allylic oxidation sites excluding steroid dienone is 1. The second kappa shape index (κ2) is 13.9. The first-order valence-corrected chi connectivity index (χ1v) is 13.7. The Kier molecular flexibility index (Phi) is 10.6. The van der Waals surface area contributed by atoms with Crippen LogP contribution in [0.3, 0.4) is 0 Å². The van der Waals surface area contributed by atoms with Crippen LogP contribution in [0.1, 0.15) is 81.1 Å². The molecule has 3 unspecified atom stereocenters. The van der Waals surface area contributed by atoms with Gasteiger partial charge >= 0.3 is 11.7 Å². The second-order valence-electron chi connectivity index (χ2n) is 10.3. The lowest BCUT2D eigenvalue weighted by Crippen LogP contribution is -2.21. The molecule has 216 valence electrons. The van der Waals surface area contributed by atoms with Gasteiger partial charge in [0.2, 0.25) is 0 Å². The van der Waals surface area contributed by atoms with Crippen LogP contribution in [0.4, 0.5) is 4.79 Å². The van der Waals surface area contributed by atoms with Gasteiger partial charge in [-0.1, -0.05) is 26.8 Å². The van der Waals surface area contributed by atoms with Crippen molar-refractivity contribution >= 4 is 22.8 Å². The maximum absolute atomic E-state index is 13.1. The van der Waals surface area contributed by atoms with Crippen LogP contribution in [0.15, 0.2) is 51.8 Å². The Labute approximate surface area is 234 Å². The highest BCUT2D eigenvalue weighted by Gasteiger charge is 2.25. The van der Waals surface area contributed by atoms with E-state index in [1.54, 1.807) is 13.0 Å². The van der Waals surface area contributed by atoms with E-state index in [9.17, 15) is 19.5 Å². The number of hydrogen-bond donors (Lipinski definition) is 2. The maximum Gasteiger partial charge on any atom is 0.410 e. The minimum absolute atomic E-state index is 0.137. The van der Waals surface area contributed by atoms with Gasteiger partial charge < -0.3 is 23.6 Å². The van der Waals surface area contributed by atoms with Crippen molar-refractivity contribution in [2.75, 3.05) is 7.11 Å². The van der Waals surface area contributed by atoms with Gasteiger partial charge in [0.15, 0.2) is 5.78 Å². The summed E-state index contributed by atoms with van der Waals surface area (Å²) in [7, 11) is 3.27. The van der Waals surface area contributed by atoms with E-state index in [0.717, 1.165) is 28.8 Å². The average molecular weight is 553 g/mol. The monoisotopic (exact) mass is 552 g/mol. The van der Waals surface area contributed by atoms with E-state index in [1.807, 2.05) is 39.1 Å². The van der Waals surface area contributed by atoms with Crippen molar-refractivity contribution in [1.82, 2.24) is 9.88 Å². The summed E-state index contributed by atoms with van der Waals surface area (Å²) in [6, 6.07) is 9.48. The van der Waals surface area contributed by atoms with Gasteiger partial charge in [-0.2, -0.15) is 0 Å². The van der Waals surface area contributed by atoms with Crippen LogP contribution in [0.2, 0.25) is 0 Å². The van der Waals surface area contributed by atoms with Crippen molar-refractivity contribution in [3.05, 3.63) is 70.0 Å². The molecule has 3 atom stereocenters. The molecule has 9 heteroatoms. The fourth-order valence-corrected chi connectivity index (χ4v) is 4.48. The molecule has 3 aromatic rings. The maximum atomic E-state index is 13.1. The zero-order valence-electron chi connectivity index (χ0n) is 24.2. The summed E-state index contributed by atoms with van der Waals surface area (Å²) >= 11 is 0. The Morgan fingerprint density at radius 3 is 2.58 bits per heavy atom. The van der Waals surface area contributed by atoms with Crippen LogP contribution in [0.25, 0.3) is 10.9 Å². The molecule has 1 aromatic carbocycles. The second-order valence-corrected chi connectivity index (χ2v) is 10.3. The Hall–Kier alpha value is -4.01. The largest absolute Gasteiger partial charge is 0.507 e. The number of hydrogen-bond acceptors (Lipinski definition) is 7. The molecule has 0 aliphatic rings. The van der Waals surface area contributed by atoms with E-state index in [2.05, 4.69) is 27.6 Å². The summed E-state index contributed by atoms with van der Waals surface area (Å²) in [5.74, 6) is -0.360. The summed E-state index contributed by atoms with van der Waals surface area (Å²) in [5.41, 5.74) is 0.991. The number of aromatic hydroxyl groups is 1. The Bertz CT molecular complexity index is 1420. The molecule has 2 N–H and O–H groups in total. The number of aromatic nitrogens is 1. The number of carbonyl (C=O) groups is 2. The molecule has 3 rings (SSSR count). The first-order valence-electron chi connectivity index (χ1n) is 13.7. The van der Waals surface area contributed by atoms with E-state index in [0.29, 0.717) is 31.4 Å².